The lowest BCUT2D eigenvalue weighted by molar-refractivity contribution is -0.143. The Morgan fingerprint density at radius 2 is 1.80 bits per heavy atom. The highest BCUT2D eigenvalue weighted by Crippen LogP contribution is 2.12. The standard InChI is InChI=1S/C9H16.C7H14O2.C2H6/c1-5-7-9(4)8(3)6-2;1-3-5-6-7(8)9-4-2;1-2/h5,7-8H,1,6H2,2-4H3;3-6H2,1-2H3;1-2H3/b9-7+;;. The Morgan fingerprint density at radius 1 is 1.25 bits per heavy atom. The molecule has 0 fully saturated rings. The summed E-state index contributed by atoms with van der Waals surface area (Å²) in [5.74, 6) is 0.641. The van der Waals surface area contributed by atoms with E-state index in [-0.39, 0.29) is 5.97 Å². The van der Waals surface area contributed by atoms with E-state index in [4.69, 9.17) is 4.74 Å². The van der Waals surface area contributed by atoms with Crippen LogP contribution in [0, 0.1) is 5.92 Å². The van der Waals surface area contributed by atoms with Crippen LogP contribution in [0.25, 0.3) is 0 Å². The first-order valence-corrected chi connectivity index (χ1v) is 7.98. The number of hydrogen-bond donors (Lipinski definition) is 0. The third-order valence-corrected chi connectivity index (χ3v) is 2.81. The van der Waals surface area contributed by atoms with Crippen molar-refractivity contribution >= 4 is 5.97 Å². The molecule has 0 saturated carbocycles. The van der Waals surface area contributed by atoms with Gasteiger partial charge in [-0.05, 0) is 32.6 Å². The van der Waals surface area contributed by atoms with Crippen LogP contribution in [0.15, 0.2) is 24.3 Å². The lowest BCUT2D eigenvalue weighted by Crippen LogP contribution is -2.02. The summed E-state index contributed by atoms with van der Waals surface area (Å²) in [6.45, 7) is 18.6. The first-order valence-electron chi connectivity index (χ1n) is 7.98. The van der Waals surface area contributed by atoms with Crippen LogP contribution in [-0.4, -0.2) is 12.6 Å². The lowest BCUT2D eigenvalue weighted by atomic mass is 10.00. The van der Waals surface area contributed by atoms with Crippen LogP contribution in [0.2, 0.25) is 0 Å². The highest BCUT2D eigenvalue weighted by Gasteiger charge is 1.98. The van der Waals surface area contributed by atoms with Crippen LogP contribution in [0.4, 0.5) is 0 Å². The summed E-state index contributed by atoms with van der Waals surface area (Å²) in [6.07, 6.45) is 7.72. The molecule has 0 radical (unpaired) electrons. The fraction of sp³-hybridized carbons (Fsp3) is 0.722. The number of rotatable bonds is 7. The molecule has 120 valence electrons. The molecule has 0 aromatic heterocycles. The molecule has 0 heterocycles. The molecule has 1 unspecified atom stereocenters. The second-order valence-electron chi connectivity index (χ2n) is 4.36. The number of carbonyl (C=O) groups excluding carboxylic acids is 1. The van der Waals surface area contributed by atoms with Gasteiger partial charge in [-0.25, -0.2) is 0 Å². The average molecular weight is 284 g/mol. The van der Waals surface area contributed by atoms with E-state index in [0.717, 1.165) is 12.8 Å². The molecule has 0 amide bonds. The number of esters is 1. The minimum Gasteiger partial charge on any atom is -0.466 e. The minimum atomic E-state index is -0.0700. The van der Waals surface area contributed by atoms with E-state index in [1.807, 2.05) is 26.8 Å². The molecule has 2 nitrogen and oxygen atoms in total. The number of ether oxygens (including phenoxy) is 1. The Morgan fingerprint density at radius 3 is 2.15 bits per heavy atom. The van der Waals surface area contributed by atoms with Gasteiger partial charge >= 0.3 is 5.97 Å². The van der Waals surface area contributed by atoms with Crippen molar-refractivity contribution < 1.29 is 9.53 Å². The molecule has 0 aromatic rings. The molecule has 0 rings (SSSR count). The van der Waals surface area contributed by atoms with Gasteiger partial charge in [0.25, 0.3) is 0 Å². The van der Waals surface area contributed by atoms with E-state index in [2.05, 4.69) is 40.3 Å². The van der Waals surface area contributed by atoms with Crippen LogP contribution < -0.4 is 0 Å². The van der Waals surface area contributed by atoms with Crippen LogP contribution >= 0.6 is 0 Å². The normalized spacial score (nSPS) is 11.2. The van der Waals surface area contributed by atoms with E-state index < -0.39 is 0 Å². The first kappa shape index (κ1) is 24.0. The third kappa shape index (κ3) is 19.3. The molecule has 0 aromatic carbocycles. The van der Waals surface area contributed by atoms with Crippen molar-refractivity contribution in [1.82, 2.24) is 0 Å². The van der Waals surface area contributed by atoms with Crippen molar-refractivity contribution in [3.05, 3.63) is 24.3 Å². The number of carbonyl (C=O) groups is 1. The Balaban J connectivity index is -0.000000257. The van der Waals surface area contributed by atoms with Crippen molar-refractivity contribution in [2.24, 2.45) is 5.92 Å². The molecule has 0 aliphatic carbocycles. The molecule has 1 atom stereocenters. The third-order valence-electron chi connectivity index (χ3n) is 2.81. The van der Waals surface area contributed by atoms with E-state index >= 15 is 0 Å². The van der Waals surface area contributed by atoms with E-state index in [0.29, 0.717) is 18.9 Å². The number of allylic oxidation sites excluding steroid dienone is 3. The SMILES string of the molecule is C=C/C=C(\C)C(C)CC.CC.CCCCC(=O)OCC. The summed E-state index contributed by atoms with van der Waals surface area (Å²) < 4.78 is 4.70. The monoisotopic (exact) mass is 284 g/mol. The predicted octanol–water partition coefficient (Wildman–Crippen LogP) is 5.93. The van der Waals surface area contributed by atoms with Gasteiger partial charge in [0, 0.05) is 6.42 Å². The molecule has 0 aliphatic heterocycles. The fourth-order valence-electron chi connectivity index (χ4n) is 1.23. The molecular weight excluding hydrogens is 248 g/mol. The Labute approximate surface area is 127 Å². The quantitative estimate of drug-likeness (QED) is 0.428. The van der Waals surface area contributed by atoms with Crippen molar-refractivity contribution in [2.75, 3.05) is 6.61 Å². The molecule has 0 aliphatic rings. The van der Waals surface area contributed by atoms with Gasteiger partial charge in [-0.1, -0.05) is 65.3 Å². The maximum absolute atomic E-state index is 10.6. The van der Waals surface area contributed by atoms with E-state index in [1.54, 1.807) is 0 Å². The molecular formula is C18H36O2. The van der Waals surface area contributed by atoms with Crippen molar-refractivity contribution in [1.29, 1.82) is 0 Å². The van der Waals surface area contributed by atoms with Gasteiger partial charge in [0.15, 0.2) is 0 Å². The largest absolute Gasteiger partial charge is 0.466 e. The maximum atomic E-state index is 10.6. The van der Waals surface area contributed by atoms with Crippen molar-refractivity contribution in [2.45, 2.75) is 74.1 Å². The zero-order chi connectivity index (χ0) is 16.4. The van der Waals surface area contributed by atoms with Crippen LogP contribution in [-0.2, 0) is 9.53 Å². The summed E-state index contributed by atoms with van der Waals surface area (Å²) in [5.41, 5.74) is 1.42. The van der Waals surface area contributed by atoms with Gasteiger partial charge in [0.05, 0.1) is 6.61 Å². The topological polar surface area (TPSA) is 26.3 Å². The van der Waals surface area contributed by atoms with Crippen LogP contribution in [0.3, 0.4) is 0 Å². The van der Waals surface area contributed by atoms with Gasteiger partial charge in [-0.3, -0.25) is 4.79 Å². The Hall–Kier alpha value is -1.05. The van der Waals surface area contributed by atoms with Gasteiger partial charge in [0.2, 0.25) is 0 Å². The molecule has 0 saturated heterocycles. The summed E-state index contributed by atoms with van der Waals surface area (Å²) >= 11 is 0. The highest BCUT2D eigenvalue weighted by molar-refractivity contribution is 5.69. The molecule has 0 N–H and O–H groups in total. The molecule has 0 bridgehead atoms. The first-order chi connectivity index (χ1) is 9.53. The highest BCUT2D eigenvalue weighted by atomic mass is 16.5. The number of hydrogen-bond acceptors (Lipinski definition) is 2. The maximum Gasteiger partial charge on any atom is 0.305 e. The summed E-state index contributed by atoms with van der Waals surface area (Å²) in [4.78, 5) is 10.6. The second-order valence-corrected chi connectivity index (χ2v) is 4.36. The molecule has 0 spiro atoms. The second kappa shape index (κ2) is 20.3. The van der Waals surface area contributed by atoms with Gasteiger partial charge in [0.1, 0.15) is 0 Å². The van der Waals surface area contributed by atoms with Crippen molar-refractivity contribution in [3.63, 3.8) is 0 Å². The zero-order valence-electron chi connectivity index (χ0n) is 14.8. The summed E-state index contributed by atoms with van der Waals surface area (Å²) in [6, 6.07) is 0. The van der Waals surface area contributed by atoms with Crippen LogP contribution in [0.1, 0.15) is 74.1 Å². The van der Waals surface area contributed by atoms with Gasteiger partial charge < -0.3 is 4.74 Å². The summed E-state index contributed by atoms with van der Waals surface area (Å²) in [7, 11) is 0. The summed E-state index contributed by atoms with van der Waals surface area (Å²) in [5, 5.41) is 0. The predicted molar refractivity (Wildman–Crippen MR) is 90.9 cm³/mol. The zero-order valence-corrected chi connectivity index (χ0v) is 14.8. The Kier molecular flexibility index (Phi) is 24.3. The lowest BCUT2D eigenvalue weighted by Gasteiger charge is -2.06. The smallest absolute Gasteiger partial charge is 0.305 e. The molecule has 20 heavy (non-hydrogen) atoms. The van der Waals surface area contributed by atoms with E-state index in [9.17, 15) is 4.79 Å². The molecule has 2 heteroatoms. The van der Waals surface area contributed by atoms with Gasteiger partial charge in [-0.2, -0.15) is 0 Å². The number of unbranched alkanes of at least 4 members (excludes halogenated alkanes) is 1. The van der Waals surface area contributed by atoms with Crippen molar-refractivity contribution in [3.8, 4) is 0 Å². The Bertz CT molecular complexity index is 242. The van der Waals surface area contributed by atoms with E-state index in [1.165, 1.54) is 12.0 Å². The van der Waals surface area contributed by atoms with Crippen LogP contribution in [0.5, 0.6) is 0 Å². The fourth-order valence-corrected chi connectivity index (χ4v) is 1.23. The average Bonchev–Trinajstić information content (AvgIpc) is 2.47. The van der Waals surface area contributed by atoms with Gasteiger partial charge in [-0.15, -0.1) is 0 Å². The minimum absolute atomic E-state index is 0.0700.